The van der Waals surface area contributed by atoms with E-state index in [2.05, 4.69) is 9.69 Å². The van der Waals surface area contributed by atoms with Crippen molar-refractivity contribution >= 4 is 22.5 Å². The Kier molecular flexibility index (Phi) is 5.19. The van der Waals surface area contributed by atoms with Gasteiger partial charge in [-0.2, -0.15) is 4.37 Å². The molecule has 0 aliphatic heterocycles. The van der Waals surface area contributed by atoms with Gasteiger partial charge in [0, 0.05) is 6.04 Å². The minimum absolute atomic E-state index is 0.259. The Labute approximate surface area is 118 Å². The summed E-state index contributed by atoms with van der Waals surface area (Å²) in [5.74, 6) is -0.259. The minimum Gasteiger partial charge on any atom is -0.462 e. The molecule has 0 atom stereocenters. The van der Waals surface area contributed by atoms with E-state index in [0.717, 1.165) is 10.7 Å². The van der Waals surface area contributed by atoms with E-state index in [1.807, 2.05) is 13.8 Å². The molecule has 19 heavy (non-hydrogen) atoms. The molecule has 1 heterocycles. The van der Waals surface area contributed by atoms with Crippen molar-refractivity contribution in [2.45, 2.75) is 58.4 Å². The number of aromatic nitrogens is 1. The zero-order valence-electron chi connectivity index (χ0n) is 11.7. The standard InChI is InChI=1S/C14H22N2O2S/c1-3-18-14(17)12-10(2)16-19-13(12)15-11-8-6-4-5-7-9-11/h11,15H,3-9H2,1-2H3. The largest absolute Gasteiger partial charge is 0.462 e. The lowest BCUT2D eigenvalue weighted by molar-refractivity contribution is 0.0527. The van der Waals surface area contributed by atoms with Gasteiger partial charge >= 0.3 is 5.97 Å². The summed E-state index contributed by atoms with van der Waals surface area (Å²) in [7, 11) is 0. The maximum absolute atomic E-state index is 12.0. The SMILES string of the molecule is CCOC(=O)c1c(C)nsc1NC1CCCCCC1. The van der Waals surface area contributed by atoms with Crippen molar-refractivity contribution in [3.05, 3.63) is 11.3 Å². The smallest absolute Gasteiger partial charge is 0.343 e. The molecule has 1 aliphatic carbocycles. The quantitative estimate of drug-likeness (QED) is 0.675. The highest BCUT2D eigenvalue weighted by Gasteiger charge is 2.22. The molecule has 1 aromatic heterocycles. The predicted octanol–water partition coefficient (Wildman–Crippen LogP) is 3.76. The molecular weight excluding hydrogens is 260 g/mol. The molecule has 0 unspecified atom stereocenters. The Morgan fingerprint density at radius 3 is 2.68 bits per heavy atom. The van der Waals surface area contributed by atoms with Gasteiger partial charge in [-0.05, 0) is 38.2 Å². The van der Waals surface area contributed by atoms with Gasteiger partial charge in [-0.1, -0.05) is 25.7 Å². The van der Waals surface area contributed by atoms with Crippen LogP contribution in [0.4, 0.5) is 5.00 Å². The van der Waals surface area contributed by atoms with Gasteiger partial charge in [-0.3, -0.25) is 0 Å². The van der Waals surface area contributed by atoms with Gasteiger partial charge in [0.05, 0.1) is 12.3 Å². The van der Waals surface area contributed by atoms with Crippen molar-refractivity contribution in [1.29, 1.82) is 0 Å². The highest BCUT2D eigenvalue weighted by Crippen LogP contribution is 2.29. The van der Waals surface area contributed by atoms with Crippen LogP contribution >= 0.6 is 11.5 Å². The first kappa shape index (κ1) is 14.3. The molecule has 2 rings (SSSR count). The number of carbonyl (C=O) groups is 1. The summed E-state index contributed by atoms with van der Waals surface area (Å²) < 4.78 is 9.40. The second kappa shape index (κ2) is 6.89. The molecule has 0 spiro atoms. The first-order valence-corrected chi connectivity index (χ1v) is 7.89. The normalized spacial score (nSPS) is 16.9. The summed E-state index contributed by atoms with van der Waals surface area (Å²) in [6.07, 6.45) is 7.54. The van der Waals surface area contributed by atoms with Gasteiger partial charge in [0.2, 0.25) is 0 Å². The number of nitrogens with zero attached hydrogens (tertiary/aromatic N) is 1. The number of ether oxygens (including phenoxy) is 1. The number of hydrogen-bond acceptors (Lipinski definition) is 5. The van der Waals surface area contributed by atoms with E-state index >= 15 is 0 Å². The topological polar surface area (TPSA) is 51.2 Å². The highest BCUT2D eigenvalue weighted by atomic mass is 32.1. The molecule has 1 N–H and O–H groups in total. The van der Waals surface area contributed by atoms with Crippen LogP contribution in [0.5, 0.6) is 0 Å². The summed E-state index contributed by atoms with van der Waals surface area (Å²) >= 11 is 1.37. The lowest BCUT2D eigenvalue weighted by Gasteiger charge is -2.16. The van der Waals surface area contributed by atoms with E-state index in [1.54, 1.807) is 0 Å². The summed E-state index contributed by atoms with van der Waals surface area (Å²) in [6, 6.07) is 0.468. The van der Waals surface area contributed by atoms with E-state index in [4.69, 9.17) is 4.74 Å². The molecule has 106 valence electrons. The highest BCUT2D eigenvalue weighted by molar-refractivity contribution is 7.10. The van der Waals surface area contributed by atoms with E-state index in [1.165, 1.54) is 50.1 Å². The Bertz CT molecular complexity index is 423. The number of carbonyl (C=O) groups excluding carboxylic acids is 1. The van der Waals surface area contributed by atoms with Crippen molar-refractivity contribution < 1.29 is 9.53 Å². The van der Waals surface area contributed by atoms with Crippen LogP contribution in [0.3, 0.4) is 0 Å². The average Bonchev–Trinajstić information content (AvgIpc) is 2.60. The Morgan fingerprint density at radius 2 is 2.05 bits per heavy atom. The first-order chi connectivity index (χ1) is 9.22. The summed E-state index contributed by atoms with van der Waals surface area (Å²) in [5, 5.41) is 4.38. The number of nitrogens with one attached hydrogen (secondary N) is 1. The van der Waals surface area contributed by atoms with Crippen LogP contribution in [0.1, 0.15) is 61.5 Å². The van der Waals surface area contributed by atoms with Gasteiger partial charge in [0.25, 0.3) is 0 Å². The van der Waals surface area contributed by atoms with E-state index in [-0.39, 0.29) is 5.97 Å². The van der Waals surface area contributed by atoms with Crippen molar-refractivity contribution in [2.75, 3.05) is 11.9 Å². The third-order valence-corrected chi connectivity index (χ3v) is 4.40. The van der Waals surface area contributed by atoms with Crippen molar-refractivity contribution in [1.82, 2.24) is 4.37 Å². The van der Waals surface area contributed by atoms with Gasteiger partial charge in [-0.15, -0.1) is 0 Å². The molecule has 0 radical (unpaired) electrons. The van der Waals surface area contributed by atoms with Crippen LogP contribution in [-0.2, 0) is 4.74 Å². The Hall–Kier alpha value is -1.10. The van der Waals surface area contributed by atoms with Gasteiger partial charge in [0.15, 0.2) is 0 Å². The van der Waals surface area contributed by atoms with Crippen LogP contribution < -0.4 is 5.32 Å². The monoisotopic (exact) mass is 282 g/mol. The molecule has 1 fully saturated rings. The van der Waals surface area contributed by atoms with E-state index in [0.29, 0.717) is 18.2 Å². The molecular formula is C14H22N2O2S. The maximum atomic E-state index is 12.0. The second-order valence-corrected chi connectivity index (χ2v) is 5.80. The Morgan fingerprint density at radius 1 is 1.37 bits per heavy atom. The zero-order chi connectivity index (χ0) is 13.7. The molecule has 5 heteroatoms. The van der Waals surface area contributed by atoms with Crippen LogP contribution in [0.2, 0.25) is 0 Å². The van der Waals surface area contributed by atoms with Gasteiger partial charge < -0.3 is 10.1 Å². The third-order valence-electron chi connectivity index (χ3n) is 3.53. The molecule has 0 saturated heterocycles. The molecule has 1 aliphatic rings. The van der Waals surface area contributed by atoms with Gasteiger partial charge in [-0.25, -0.2) is 4.79 Å². The first-order valence-electron chi connectivity index (χ1n) is 7.12. The summed E-state index contributed by atoms with van der Waals surface area (Å²) in [6.45, 7) is 4.09. The van der Waals surface area contributed by atoms with Crippen LogP contribution in [0, 0.1) is 6.92 Å². The van der Waals surface area contributed by atoms with Crippen molar-refractivity contribution in [3.63, 3.8) is 0 Å². The number of esters is 1. The number of anilines is 1. The van der Waals surface area contributed by atoms with Crippen LogP contribution in [0.15, 0.2) is 0 Å². The Balaban J connectivity index is 2.09. The fourth-order valence-corrected chi connectivity index (χ4v) is 3.38. The summed E-state index contributed by atoms with van der Waals surface area (Å²) in [5.41, 5.74) is 1.38. The lowest BCUT2D eigenvalue weighted by atomic mass is 10.1. The van der Waals surface area contributed by atoms with E-state index in [9.17, 15) is 4.79 Å². The second-order valence-electron chi connectivity index (χ2n) is 5.03. The molecule has 1 saturated carbocycles. The molecule has 0 aromatic carbocycles. The van der Waals surface area contributed by atoms with Crippen molar-refractivity contribution in [2.24, 2.45) is 0 Å². The number of rotatable bonds is 4. The third kappa shape index (κ3) is 3.69. The molecule has 4 nitrogen and oxygen atoms in total. The molecule has 0 bridgehead atoms. The number of hydrogen-bond donors (Lipinski definition) is 1. The minimum atomic E-state index is -0.259. The average molecular weight is 282 g/mol. The van der Waals surface area contributed by atoms with Crippen LogP contribution in [-0.4, -0.2) is 23.0 Å². The molecule has 1 aromatic rings. The van der Waals surface area contributed by atoms with Crippen LogP contribution in [0.25, 0.3) is 0 Å². The predicted molar refractivity (Wildman–Crippen MR) is 77.9 cm³/mol. The van der Waals surface area contributed by atoms with Crippen molar-refractivity contribution in [3.8, 4) is 0 Å². The van der Waals surface area contributed by atoms with Gasteiger partial charge in [0.1, 0.15) is 10.6 Å². The maximum Gasteiger partial charge on any atom is 0.343 e. The van der Waals surface area contributed by atoms with E-state index < -0.39 is 0 Å². The summed E-state index contributed by atoms with van der Waals surface area (Å²) in [4.78, 5) is 12.0. The zero-order valence-corrected chi connectivity index (χ0v) is 12.5. The number of aryl methyl sites for hydroxylation is 1. The fraction of sp³-hybridized carbons (Fsp3) is 0.714. The molecule has 0 amide bonds. The lowest BCUT2D eigenvalue weighted by Crippen LogP contribution is -2.19. The fourth-order valence-electron chi connectivity index (χ4n) is 2.52.